The lowest BCUT2D eigenvalue weighted by Gasteiger charge is -2.22. The van der Waals surface area contributed by atoms with E-state index in [4.69, 9.17) is 4.74 Å². The number of nitrogens with one attached hydrogen (secondary N) is 1. The Morgan fingerprint density at radius 1 is 1.48 bits per heavy atom. The van der Waals surface area contributed by atoms with Crippen LogP contribution in [0.15, 0.2) is 18.3 Å². The van der Waals surface area contributed by atoms with E-state index in [0.29, 0.717) is 11.3 Å². The minimum Gasteiger partial charge on any atom is -0.496 e. The van der Waals surface area contributed by atoms with Crippen LogP contribution in [0.3, 0.4) is 0 Å². The van der Waals surface area contributed by atoms with Crippen molar-refractivity contribution in [2.75, 3.05) is 26.8 Å². The van der Waals surface area contributed by atoms with Gasteiger partial charge in [-0.2, -0.15) is 0 Å². The van der Waals surface area contributed by atoms with Gasteiger partial charge in [0.1, 0.15) is 11.6 Å². The van der Waals surface area contributed by atoms with Gasteiger partial charge in [0.2, 0.25) is 0 Å². The molecule has 0 bridgehead atoms. The monoisotopic (exact) mass is 292 g/mol. The van der Waals surface area contributed by atoms with Crippen LogP contribution in [0.2, 0.25) is 0 Å². The summed E-state index contributed by atoms with van der Waals surface area (Å²) >= 11 is 0. The summed E-state index contributed by atoms with van der Waals surface area (Å²) in [5.41, 5.74) is 1.56. The fraction of sp³-hybridized carbons (Fsp3) is 0.500. The maximum Gasteiger partial charge on any atom is 0.147 e. The van der Waals surface area contributed by atoms with Crippen LogP contribution in [-0.4, -0.2) is 47.8 Å². The molecule has 5 heteroatoms. The van der Waals surface area contributed by atoms with E-state index < -0.39 is 0 Å². The highest BCUT2D eigenvalue weighted by Crippen LogP contribution is 2.31. The molecule has 1 aromatic heterocycles. The molecule has 1 saturated heterocycles. The van der Waals surface area contributed by atoms with Gasteiger partial charge in [-0.05, 0) is 43.5 Å². The molecule has 1 aliphatic rings. The molecule has 0 spiro atoms. The van der Waals surface area contributed by atoms with E-state index in [0.717, 1.165) is 43.3 Å². The molecular formula is C16H21FN2O2. The second-order valence-electron chi connectivity index (χ2n) is 5.58. The Labute approximate surface area is 123 Å². The van der Waals surface area contributed by atoms with Gasteiger partial charge in [0, 0.05) is 24.2 Å². The summed E-state index contributed by atoms with van der Waals surface area (Å²) in [6, 6.07) is 3.36. The Kier molecular flexibility index (Phi) is 4.12. The molecule has 2 aromatic rings. The smallest absolute Gasteiger partial charge is 0.147 e. The van der Waals surface area contributed by atoms with E-state index >= 15 is 0 Å². The van der Waals surface area contributed by atoms with Crippen molar-refractivity contribution < 1.29 is 14.2 Å². The molecule has 2 N–H and O–H groups in total. The summed E-state index contributed by atoms with van der Waals surface area (Å²) in [5.74, 6) is 0.439. The van der Waals surface area contributed by atoms with Crippen LogP contribution in [0.1, 0.15) is 18.4 Å². The predicted octanol–water partition coefficient (Wildman–Crippen LogP) is 2.31. The summed E-state index contributed by atoms with van der Waals surface area (Å²) in [6.45, 7) is 2.11. The third-order valence-electron chi connectivity index (χ3n) is 4.43. The number of aliphatic hydroxyl groups excluding tert-OH is 1. The Hall–Kier alpha value is -1.59. The van der Waals surface area contributed by atoms with Crippen molar-refractivity contribution in [2.45, 2.75) is 25.3 Å². The van der Waals surface area contributed by atoms with E-state index in [-0.39, 0.29) is 18.5 Å². The average Bonchev–Trinajstić information content (AvgIpc) is 3.12. The molecule has 1 unspecified atom stereocenters. The Morgan fingerprint density at radius 2 is 2.33 bits per heavy atom. The van der Waals surface area contributed by atoms with Crippen LogP contribution in [0, 0.1) is 5.82 Å². The molecule has 0 radical (unpaired) electrons. The average molecular weight is 292 g/mol. The molecule has 21 heavy (non-hydrogen) atoms. The number of hydrogen-bond acceptors (Lipinski definition) is 3. The number of nitrogens with zero attached hydrogens (tertiary/aromatic N) is 1. The minimum atomic E-state index is -0.258. The molecular weight excluding hydrogens is 271 g/mol. The van der Waals surface area contributed by atoms with Crippen LogP contribution >= 0.6 is 0 Å². The molecule has 0 saturated carbocycles. The maximum atomic E-state index is 13.8. The first-order valence-corrected chi connectivity index (χ1v) is 7.42. The first-order chi connectivity index (χ1) is 10.2. The zero-order valence-electron chi connectivity index (χ0n) is 12.2. The normalized spacial score (nSPS) is 19.5. The lowest BCUT2D eigenvalue weighted by atomic mass is 10.1. The number of likely N-dealkylation sites (tertiary alicyclic amines) is 1. The largest absolute Gasteiger partial charge is 0.496 e. The van der Waals surface area contributed by atoms with Crippen molar-refractivity contribution in [3.05, 3.63) is 29.7 Å². The molecule has 1 atom stereocenters. The van der Waals surface area contributed by atoms with Gasteiger partial charge in [0.15, 0.2) is 0 Å². The summed E-state index contributed by atoms with van der Waals surface area (Å²) in [4.78, 5) is 5.32. The number of benzene rings is 1. The summed E-state index contributed by atoms with van der Waals surface area (Å²) in [6.07, 6.45) is 4.87. The van der Waals surface area contributed by atoms with Crippen molar-refractivity contribution >= 4 is 10.9 Å². The second kappa shape index (κ2) is 6.03. The van der Waals surface area contributed by atoms with Gasteiger partial charge >= 0.3 is 0 Å². The topological polar surface area (TPSA) is 48.5 Å². The van der Waals surface area contributed by atoms with E-state index in [2.05, 4.69) is 9.88 Å². The quantitative estimate of drug-likeness (QED) is 0.889. The zero-order chi connectivity index (χ0) is 14.8. The summed E-state index contributed by atoms with van der Waals surface area (Å²) in [5, 5.41) is 10.2. The number of aliphatic hydroxyl groups is 1. The fourth-order valence-electron chi connectivity index (χ4n) is 3.28. The van der Waals surface area contributed by atoms with Gasteiger partial charge in [-0.3, -0.25) is 4.90 Å². The third-order valence-corrected chi connectivity index (χ3v) is 4.43. The number of hydrogen-bond donors (Lipinski definition) is 2. The number of H-pyrrole nitrogens is 1. The van der Waals surface area contributed by atoms with Gasteiger partial charge in [-0.1, -0.05) is 0 Å². The van der Waals surface area contributed by atoms with E-state index in [1.807, 2.05) is 6.20 Å². The van der Waals surface area contributed by atoms with Crippen molar-refractivity contribution in [2.24, 2.45) is 0 Å². The molecule has 0 aliphatic carbocycles. The molecule has 1 aliphatic heterocycles. The highest BCUT2D eigenvalue weighted by atomic mass is 19.1. The summed E-state index contributed by atoms with van der Waals surface area (Å²) < 4.78 is 19.2. The molecule has 0 amide bonds. The Bertz CT molecular complexity index is 626. The number of aromatic amines is 1. The highest BCUT2D eigenvalue weighted by Gasteiger charge is 2.23. The zero-order valence-corrected chi connectivity index (χ0v) is 12.2. The SMILES string of the molecule is COc1ccc(F)c2[nH]cc(CCN3CCCC3CO)c12. The number of ether oxygens (including phenoxy) is 1. The van der Waals surface area contributed by atoms with Gasteiger partial charge in [0.25, 0.3) is 0 Å². The lowest BCUT2D eigenvalue weighted by Crippen LogP contribution is -2.33. The van der Waals surface area contributed by atoms with Gasteiger partial charge in [-0.15, -0.1) is 0 Å². The number of methoxy groups -OCH3 is 1. The van der Waals surface area contributed by atoms with Crippen LogP contribution in [0.5, 0.6) is 5.75 Å². The van der Waals surface area contributed by atoms with Crippen molar-refractivity contribution in [3.8, 4) is 5.75 Å². The number of rotatable bonds is 5. The van der Waals surface area contributed by atoms with Crippen LogP contribution < -0.4 is 4.74 Å². The third kappa shape index (κ3) is 2.63. The van der Waals surface area contributed by atoms with Gasteiger partial charge in [0.05, 0.1) is 19.2 Å². The predicted molar refractivity (Wildman–Crippen MR) is 80.2 cm³/mol. The molecule has 1 fully saturated rings. The summed E-state index contributed by atoms with van der Waals surface area (Å²) in [7, 11) is 1.60. The fourth-order valence-corrected chi connectivity index (χ4v) is 3.28. The number of halogens is 1. The van der Waals surface area contributed by atoms with E-state index in [9.17, 15) is 9.50 Å². The Balaban J connectivity index is 1.82. The Morgan fingerprint density at radius 3 is 3.10 bits per heavy atom. The van der Waals surface area contributed by atoms with E-state index in [1.54, 1.807) is 13.2 Å². The maximum absolute atomic E-state index is 13.8. The number of aromatic nitrogens is 1. The molecule has 1 aromatic carbocycles. The van der Waals surface area contributed by atoms with Crippen molar-refractivity contribution in [3.63, 3.8) is 0 Å². The molecule has 114 valence electrons. The second-order valence-corrected chi connectivity index (χ2v) is 5.58. The standard InChI is InChI=1S/C16H21FN2O2/c1-21-14-5-4-13(17)16-15(14)11(9-18-16)6-8-19-7-2-3-12(19)10-20/h4-5,9,12,18,20H,2-3,6-8,10H2,1H3. The van der Waals surface area contributed by atoms with Gasteiger partial charge < -0.3 is 14.8 Å². The first kappa shape index (κ1) is 14.4. The highest BCUT2D eigenvalue weighted by molar-refractivity contribution is 5.89. The lowest BCUT2D eigenvalue weighted by molar-refractivity contribution is 0.160. The first-order valence-electron chi connectivity index (χ1n) is 7.42. The molecule has 4 nitrogen and oxygen atoms in total. The molecule has 2 heterocycles. The number of fused-ring (bicyclic) bond motifs is 1. The van der Waals surface area contributed by atoms with Crippen LogP contribution in [0.25, 0.3) is 10.9 Å². The van der Waals surface area contributed by atoms with Crippen molar-refractivity contribution in [1.29, 1.82) is 0 Å². The van der Waals surface area contributed by atoms with Gasteiger partial charge in [-0.25, -0.2) is 4.39 Å². The van der Waals surface area contributed by atoms with Crippen LogP contribution in [-0.2, 0) is 6.42 Å². The minimum absolute atomic E-state index is 0.214. The van der Waals surface area contributed by atoms with E-state index in [1.165, 1.54) is 6.07 Å². The van der Waals surface area contributed by atoms with Crippen LogP contribution in [0.4, 0.5) is 4.39 Å². The van der Waals surface area contributed by atoms with Crippen molar-refractivity contribution in [1.82, 2.24) is 9.88 Å². The molecule has 3 rings (SSSR count).